The van der Waals surface area contributed by atoms with Crippen molar-refractivity contribution in [3.63, 3.8) is 0 Å². The molecule has 1 atom stereocenters. The van der Waals surface area contributed by atoms with E-state index < -0.39 is 6.72 Å². The number of aromatic nitrogens is 2. The van der Waals surface area contributed by atoms with Gasteiger partial charge in [0, 0.05) is 11.8 Å². The van der Waals surface area contributed by atoms with Crippen molar-refractivity contribution in [1.82, 2.24) is 9.78 Å². The Bertz CT molecular complexity index is 600. The second-order valence-electron chi connectivity index (χ2n) is 3.60. The Morgan fingerprint density at radius 1 is 1.42 bits per heavy atom. The summed E-state index contributed by atoms with van der Waals surface area (Å²) in [7, 11) is 0. The topological polar surface area (TPSA) is 56.5 Å². The van der Waals surface area contributed by atoms with Crippen molar-refractivity contribution in [3.8, 4) is 11.4 Å². The largest absolute Gasteiger partial charge is 0.421 e. The van der Waals surface area contributed by atoms with E-state index in [9.17, 15) is 4.89 Å². The van der Waals surface area contributed by atoms with Crippen LogP contribution in [0.2, 0.25) is 0 Å². The summed E-state index contributed by atoms with van der Waals surface area (Å²) in [6, 6.07) is 9.53. The van der Waals surface area contributed by atoms with Crippen molar-refractivity contribution >= 4 is 18.5 Å². The van der Waals surface area contributed by atoms with E-state index in [1.807, 2.05) is 30.3 Å². The molecule has 0 aliphatic heterocycles. The SMILES string of the molecule is C=CCOP(O)(=S)Oc1cnn(-c2ccccc2)c1. The molecule has 0 radical (unpaired) electrons. The molecule has 0 bridgehead atoms. The van der Waals surface area contributed by atoms with Crippen LogP contribution in [0.1, 0.15) is 0 Å². The number of para-hydroxylation sites is 1. The van der Waals surface area contributed by atoms with E-state index in [2.05, 4.69) is 11.7 Å². The van der Waals surface area contributed by atoms with E-state index in [1.54, 1.807) is 10.9 Å². The maximum absolute atomic E-state index is 9.78. The van der Waals surface area contributed by atoms with Gasteiger partial charge >= 0.3 is 6.72 Å². The molecule has 1 aromatic heterocycles. The first-order valence-corrected chi connectivity index (χ1v) is 8.08. The first-order valence-electron chi connectivity index (χ1n) is 5.49. The van der Waals surface area contributed by atoms with Crippen LogP contribution in [0.5, 0.6) is 5.75 Å². The van der Waals surface area contributed by atoms with E-state index in [0.717, 1.165) is 5.69 Å². The normalized spacial score (nSPS) is 13.7. The lowest BCUT2D eigenvalue weighted by atomic mass is 10.3. The highest BCUT2D eigenvalue weighted by Crippen LogP contribution is 2.44. The molecule has 1 N–H and O–H groups in total. The number of hydrogen-bond acceptors (Lipinski definition) is 4. The molecule has 19 heavy (non-hydrogen) atoms. The summed E-state index contributed by atoms with van der Waals surface area (Å²) >= 11 is 4.85. The first kappa shape index (κ1) is 14.0. The third kappa shape index (κ3) is 4.01. The second-order valence-corrected chi connectivity index (χ2v) is 6.36. The summed E-state index contributed by atoms with van der Waals surface area (Å²) in [5, 5.41) is 4.13. The highest BCUT2D eigenvalue weighted by molar-refractivity contribution is 8.07. The smallest absolute Gasteiger partial charge is 0.378 e. The van der Waals surface area contributed by atoms with Gasteiger partial charge in [0.15, 0.2) is 5.75 Å². The van der Waals surface area contributed by atoms with E-state index in [-0.39, 0.29) is 6.61 Å². The fraction of sp³-hybridized carbons (Fsp3) is 0.0833. The monoisotopic (exact) mass is 296 g/mol. The molecule has 0 spiro atoms. The van der Waals surface area contributed by atoms with Gasteiger partial charge in [0.1, 0.15) is 0 Å². The van der Waals surface area contributed by atoms with Crippen LogP contribution in [0.3, 0.4) is 0 Å². The van der Waals surface area contributed by atoms with Gasteiger partial charge in [-0.1, -0.05) is 24.3 Å². The van der Waals surface area contributed by atoms with Crippen molar-refractivity contribution in [2.45, 2.75) is 0 Å². The minimum absolute atomic E-state index is 0.139. The molecule has 2 aromatic rings. The predicted molar refractivity (Wildman–Crippen MR) is 76.8 cm³/mol. The van der Waals surface area contributed by atoms with Crippen LogP contribution in [0.4, 0.5) is 0 Å². The average Bonchev–Trinajstić information content (AvgIpc) is 2.85. The summed E-state index contributed by atoms with van der Waals surface area (Å²) in [5.74, 6) is 0.360. The average molecular weight is 296 g/mol. The Balaban J connectivity index is 2.10. The first-order chi connectivity index (χ1) is 9.11. The molecule has 5 nitrogen and oxygen atoms in total. The number of rotatable bonds is 6. The van der Waals surface area contributed by atoms with E-state index in [0.29, 0.717) is 5.75 Å². The lowest BCUT2D eigenvalue weighted by Crippen LogP contribution is -1.96. The van der Waals surface area contributed by atoms with Gasteiger partial charge in [0.05, 0.1) is 24.7 Å². The van der Waals surface area contributed by atoms with Gasteiger partial charge in [-0.05, 0) is 12.1 Å². The highest BCUT2D eigenvalue weighted by atomic mass is 32.5. The number of benzene rings is 1. The Hall–Kier alpha value is -1.46. The van der Waals surface area contributed by atoms with Crippen molar-refractivity contribution in [2.24, 2.45) is 0 Å². The van der Waals surface area contributed by atoms with Crippen LogP contribution < -0.4 is 4.52 Å². The zero-order valence-corrected chi connectivity index (χ0v) is 11.8. The minimum atomic E-state index is -3.30. The maximum Gasteiger partial charge on any atom is 0.378 e. The standard InChI is InChI=1S/C12H13N2O3PS/c1-2-8-16-18(15,19)17-12-9-13-14(10-12)11-6-4-3-5-7-11/h2-7,9-10H,1,8H2,(H,15,19). The second kappa shape index (κ2) is 6.12. The summed E-state index contributed by atoms with van der Waals surface area (Å²) in [6.07, 6.45) is 4.60. The van der Waals surface area contributed by atoms with Crippen LogP contribution in [0, 0.1) is 0 Å². The van der Waals surface area contributed by atoms with Crippen molar-refractivity contribution in [2.75, 3.05) is 6.61 Å². The molecular formula is C12H13N2O3PS. The van der Waals surface area contributed by atoms with Gasteiger partial charge in [0.25, 0.3) is 0 Å². The summed E-state index contributed by atoms with van der Waals surface area (Å²) in [4.78, 5) is 9.78. The van der Waals surface area contributed by atoms with Gasteiger partial charge in [0.2, 0.25) is 0 Å². The fourth-order valence-electron chi connectivity index (χ4n) is 1.38. The predicted octanol–water partition coefficient (Wildman–Crippen LogP) is 2.67. The molecule has 0 aliphatic carbocycles. The van der Waals surface area contributed by atoms with Crippen molar-refractivity contribution in [1.29, 1.82) is 0 Å². The highest BCUT2D eigenvalue weighted by Gasteiger charge is 2.17. The Labute approximate surface area is 116 Å². The molecular weight excluding hydrogens is 283 g/mol. The van der Waals surface area contributed by atoms with Crippen LogP contribution in [0.25, 0.3) is 5.69 Å². The molecule has 1 heterocycles. The Morgan fingerprint density at radius 3 is 2.84 bits per heavy atom. The van der Waals surface area contributed by atoms with E-state index >= 15 is 0 Å². The lowest BCUT2D eigenvalue weighted by Gasteiger charge is -2.13. The molecule has 0 fully saturated rings. The molecule has 2 rings (SSSR count). The molecule has 0 saturated carbocycles. The van der Waals surface area contributed by atoms with Crippen molar-refractivity contribution in [3.05, 3.63) is 55.4 Å². The quantitative estimate of drug-likeness (QED) is 0.656. The molecule has 100 valence electrons. The Morgan fingerprint density at radius 2 is 2.16 bits per heavy atom. The maximum atomic E-state index is 9.78. The Kier molecular flexibility index (Phi) is 4.50. The third-order valence-electron chi connectivity index (χ3n) is 2.16. The molecule has 0 amide bonds. The van der Waals surface area contributed by atoms with Gasteiger partial charge in [-0.25, -0.2) is 4.68 Å². The number of hydrogen-bond donors (Lipinski definition) is 1. The van der Waals surface area contributed by atoms with Crippen molar-refractivity contribution < 1.29 is 13.9 Å². The molecule has 0 aliphatic rings. The van der Waals surface area contributed by atoms with E-state index in [4.69, 9.17) is 20.9 Å². The minimum Gasteiger partial charge on any atom is -0.421 e. The van der Waals surface area contributed by atoms with Gasteiger partial charge in [-0.3, -0.25) is 4.52 Å². The van der Waals surface area contributed by atoms with Gasteiger partial charge in [-0.2, -0.15) is 5.10 Å². The van der Waals surface area contributed by atoms with Crippen LogP contribution in [0.15, 0.2) is 55.4 Å². The lowest BCUT2D eigenvalue weighted by molar-refractivity contribution is 0.284. The fourth-order valence-corrected chi connectivity index (χ4v) is 2.53. The summed E-state index contributed by atoms with van der Waals surface area (Å²) in [6.45, 7) is 0.317. The summed E-state index contributed by atoms with van der Waals surface area (Å²) in [5.41, 5.74) is 0.885. The zero-order chi connectivity index (χ0) is 13.7. The molecule has 7 heteroatoms. The third-order valence-corrected chi connectivity index (χ3v) is 3.61. The molecule has 0 saturated heterocycles. The van der Waals surface area contributed by atoms with Crippen LogP contribution in [-0.2, 0) is 16.3 Å². The van der Waals surface area contributed by atoms with Gasteiger partial charge < -0.3 is 9.42 Å². The molecule has 1 unspecified atom stereocenters. The van der Waals surface area contributed by atoms with Crippen LogP contribution in [-0.4, -0.2) is 21.3 Å². The summed E-state index contributed by atoms with van der Waals surface area (Å²) < 4.78 is 11.9. The number of nitrogens with zero attached hydrogens (tertiary/aromatic N) is 2. The molecule has 1 aromatic carbocycles. The van der Waals surface area contributed by atoms with E-state index in [1.165, 1.54) is 12.3 Å². The van der Waals surface area contributed by atoms with Gasteiger partial charge in [-0.15, -0.1) is 6.58 Å². The van der Waals surface area contributed by atoms with Crippen LogP contribution >= 0.6 is 6.72 Å². The zero-order valence-electron chi connectivity index (χ0n) is 10.0.